The van der Waals surface area contributed by atoms with Gasteiger partial charge in [-0.3, -0.25) is 0 Å². The van der Waals surface area contributed by atoms with Crippen LogP contribution in [-0.2, 0) is 4.79 Å². The number of anilines is 1. The quantitative estimate of drug-likeness (QED) is 0.556. The summed E-state index contributed by atoms with van der Waals surface area (Å²) in [6.45, 7) is 14.7. The highest BCUT2D eigenvalue weighted by Gasteiger charge is 2.15. The van der Waals surface area contributed by atoms with Crippen LogP contribution >= 0.6 is 0 Å². The zero-order valence-corrected chi connectivity index (χ0v) is 16.3. The summed E-state index contributed by atoms with van der Waals surface area (Å²) >= 11 is 0. The Morgan fingerprint density at radius 2 is 1.85 bits per heavy atom. The highest BCUT2D eigenvalue weighted by atomic mass is 16.1. The lowest BCUT2D eigenvalue weighted by atomic mass is 9.89. The maximum atomic E-state index is 10.9. The molecule has 1 heterocycles. The van der Waals surface area contributed by atoms with Crippen LogP contribution in [0.1, 0.15) is 44.1 Å². The number of nitrogens with one attached hydrogen (secondary N) is 1. The first kappa shape index (κ1) is 19.6. The predicted octanol–water partition coefficient (Wildman–Crippen LogP) is 5.13. The van der Waals surface area contributed by atoms with Crippen molar-refractivity contribution in [2.24, 2.45) is 0 Å². The third-order valence-corrected chi connectivity index (χ3v) is 4.49. The lowest BCUT2D eigenvalue weighted by Crippen LogP contribution is -2.07. The smallest absolute Gasteiger partial charge is 0.139 e. The molecular formula is C22H27N3O. The zero-order valence-electron chi connectivity index (χ0n) is 16.3. The van der Waals surface area contributed by atoms with Gasteiger partial charge in [-0.25, -0.2) is 9.97 Å². The van der Waals surface area contributed by atoms with Gasteiger partial charge in [0.15, 0.2) is 0 Å². The summed E-state index contributed by atoms with van der Waals surface area (Å²) in [6.07, 6.45) is 5.51. The third-order valence-electron chi connectivity index (χ3n) is 4.49. The summed E-state index contributed by atoms with van der Waals surface area (Å²) in [6, 6.07) is 4.24. The number of nitrogens with zero attached hydrogens (tertiary/aromatic N) is 2. The summed E-state index contributed by atoms with van der Waals surface area (Å²) in [7, 11) is 0. The van der Waals surface area contributed by atoms with Gasteiger partial charge >= 0.3 is 0 Å². The topological polar surface area (TPSA) is 54.9 Å². The molecule has 2 rings (SSSR count). The third kappa shape index (κ3) is 4.26. The molecule has 136 valence electrons. The molecule has 1 N–H and O–H groups in total. The molecule has 0 aliphatic carbocycles. The van der Waals surface area contributed by atoms with Crippen LogP contribution in [0, 0.1) is 13.8 Å². The van der Waals surface area contributed by atoms with Gasteiger partial charge in [-0.15, -0.1) is 0 Å². The number of allylic oxidation sites excluding steroid dienone is 3. The number of aldehydes is 1. The molecule has 1 aromatic carbocycles. The van der Waals surface area contributed by atoms with Gasteiger partial charge in [-0.2, -0.15) is 0 Å². The highest BCUT2D eigenvalue weighted by molar-refractivity contribution is 5.90. The lowest BCUT2D eigenvalue weighted by Gasteiger charge is -2.20. The summed E-state index contributed by atoms with van der Waals surface area (Å²) in [5, 5.41) is 3.23. The van der Waals surface area contributed by atoms with Gasteiger partial charge in [0.25, 0.3) is 0 Å². The fourth-order valence-electron chi connectivity index (χ4n) is 3.06. The van der Waals surface area contributed by atoms with Crippen molar-refractivity contribution in [3.05, 3.63) is 59.2 Å². The molecule has 1 aromatic heterocycles. The van der Waals surface area contributed by atoms with E-state index >= 15 is 0 Å². The minimum Gasteiger partial charge on any atom is -0.378 e. The van der Waals surface area contributed by atoms with Crippen LogP contribution in [0.3, 0.4) is 0 Å². The number of hydrogen-bond acceptors (Lipinski definition) is 4. The second-order valence-electron chi connectivity index (χ2n) is 6.57. The molecule has 0 aliphatic heterocycles. The fourth-order valence-corrected chi connectivity index (χ4v) is 3.06. The van der Waals surface area contributed by atoms with Crippen LogP contribution in [0.15, 0.2) is 42.3 Å². The molecule has 0 saturated carbocycles. The van der Waals surface area contributed by atoms with E-state index in [1.807, 2.05) is 26.2 Å². The Hall–Kier alpha value is -2.75. The van der Waals surface area contributed by atoms with Crippen LogP contribution in [0.25, 0.3) is 16.7 Å². The van der Waals surface area contributed by atoms with E-state index in [0.29, 0.717) is 0 Å². The van der Waals surface area contributed by atoms with E-state index in [1.54, 1.807) is 0 Å². The molecule has 0 fully saturated rings. The van der Waals surface area contributed by atoms with Crippen LogP contribution in [0.2, 0.25) is 0 Å². The molecule has 0 spiro atoms. The first-order valence-corrected chi connectivity index (χ1v) is 8.86. The Bertz CT molecular complexity index is 848. The van der Waals surface area contributed by atoms with E-state index in [1.165, 1.54) is 5.57 Å². The SMILES string of the molecule is C=C(C)/C(=C(/C)CC)c1cc(-c2cnc(C)nc2)c(C)cc1NCC=O. The average molecular weight is 349 g/mol. The van der Waals surface area contributed by atoms with Crippen LogP contribution in [-0.4, -0.2) is 22.8 Å². The van der Waals surface area contributed by atoms with Crippen LogP contribution < -0.4 is 5.32 Å². The Morgan fingerprint density at radius 3 is 2.38 bits per heavy atom. The molecule has 0 aliphatic rings. The number of hydrogen-bond donors (Lipinski definition) is 1. The van der Waals surface area contributed by atoms with Crippen molar-refractivity contribution < 1.29 is 4.79 Å². The Morgan fingerprint density at radius 1 is 1.19 bits per heavy atom. The minimum atomic E-state index is 0.272. The van der Waals surface area contributed by atoms with Crippen LogP contribution in [0.5, 0.6) is 0 Å². The van der Waals surface area contributed by atoms with Crippen molar-refractivity contribution in [2.45, 2.75) is 41.0 Å². The Balaban J connectivity index is 2.73. The van der Waals surface area contributed by atoms with E-state index in [0.717, 1.165) is 57.6 Å². The number of carbonyl (C=O) groups excluding carboxylic acids is 1. The van der Waals surface area contributed by atoms with Crippen molar-refractivity contribution in [1.29, 1.82) is 0 Å². The van der Waals surface area contributed by atoms with Gasteiger partial charge < -0.3 is 10.1 Å². The lowest BCUT2D eigenvalue weighted by molar-refractivity contribution is -0.106. The monoisotopic (exact) mass is 349 g/mol. The first-order chi connectivity index (χ1) is 12.4. The van der Waals surface area contributed by atoms with Crippen molar-refractivity contribution in [2.75, 3.05) is 11.9 Å². The number of aryl methyl sites for hydroxylation is 2. The number of carbonyl (C=O) groups is 1. The van der Waals surface area contributed by atoms with Crippen LogP contribution in [0.4, 0.5) is 5.69 Å². The first-order valence-electron chi connectivity index (χ1n) is 8.86. The van der Waals surface area contributed by atoms with Crippen molar-refractivity contribution in [3.63, 3.8) is 0 Å². The maximum absolute atomic E-state index is 10.9. The van der Waals surface area contributed by atoms with E-state index in [4.69, 9.17) is 0 Å². The fraction of sp³-hybridized carbons (Fsp3) is 0.318. The minimum absolute atomic E-state index is 0.272. The second kappa shape index (κ2) is 8.56. The van der Waals surface area contributed by atoms with Gasteiger partial charge in [-0.05, 0) is 62.9 Å². The summed E-state index contributed by atoms with van der Waals surface area (Å²) in [5.74, 6) is 0.750. The molecule has 0 unspecified atom stereocenters. The molecule has 0 bridgehead atoms. The molecular weight excluding hydrogens is 322 g/mol. The molecule has 2 aromatic rings. The molecule has 4 nitrogen and oxygen atoms in total. The van der Waals surface area contributed by atoms with Crippen molar-refractivity contribution in [1.82, 2.24) is 9.97 Å². The van der Waals surface area contributed by atoms with Gasteiger partial charge in [-0.1, -0.05) is 24.6 Å². The zero-order chi connectivity index (χ0) is 19.3. The van der Waals surface area contributed by atoms with E-state index in [9.17, 15) is 4.79 Å². The molecule has 0 radical (unpaired) electrons. The van der Waals surface area contributed by atoms with Crippen molar-refractivity contribution in [3.8, 4) is 11.1 Å². The predicted molar refractivity (Wildman–Crippen MR) is 109 cm³/mol. The maximum Gasteiger partial charge on any atom is 0.139 e. The largest absolute Gasteiger partial charge is 0.378 e. The highest BCUT2D eigenvalue weighted by Crippen LogP contribution is 2.37. The summed E-state index contributed by atoms with van der Waals surface area (Å²) < 4.78 is 0. The Labute approximate surface area is 156 Å². The molecule has 26 heavy (non-hydrogen) atoms. The van der Waals surface area contributed by atoms with E-state index in [2.05, 4.69) is 54.8 Å². The number of aromatic nitrogens is 2. The standard InChI is InChI=1S/C22H27N3O/c1-7-15(4)22(14(2)3)20-11-19(18-12-24-17(6)25-13-18)16(5)10-21(20)23-8-9-26/h9-13,23H,2,7-8H2,1,3-6H3/b22-15+. The Kier molecular flexibility index (Phi) is 6.45. The average Bonchev–Trinajstić information content (AvgIpc) is 2.61. The summed E-state index contributed by atoms with van der Waals surface area (Å²) in [4.78, 5) is 19.5. The number of rotatable bonds is 7. The number of benzene rings is 1. The van der Waals surface area contributed by atoms with Gasteiger partial charge in [0, 0.05) is 29.2 Å². The van der Waals surface area contributed by atoms with Gasteiger partial charge in [0.2, 0.25) is 0 Å². The molecule has 0 atom stereocenters. The van der Waals surface area contributed by atoms with E-state index in [-0.39, 0.29) is 6.54 Å². The molecule has 0 saturated heterocycles. The summed E-state index contributed by atoms with van der Waals surface area (Å²) in [5.41, 5.74) is 8.57. The molecule has 0 amide bonds. The van der Waals surface area contributed by atoms with Crippen molar-refractivity contribution >= 4 is 17.5 Å². The normalized spacial score (nSPS) is 11.7. The van der Waals surface area contributed by atoms with Gasteiger partial charge in [0.1, 0.15) is 12.1 Å². The second-order valence-corrected chi connectivity index (χ2v) is 6.57. The van der Waals surface area contributed by atoms with E-state index < -0.39 is 0 Å². The molecule has 4 heteroatoms. The van der Waals surface area contributed by atoms with Gasteiger partial charge in [0.05, 0.1) is 6.54 Å².